The second-order valence-electron chi connectivity index (χ2n) is 4.03. The second-order valence-corrected chi connectivity index (χ2v) is 4.03. The lowest BCUT2D eigenvalue weighted by Crippen LogP contribution is -2.15. The fourth-order valence-corrected chi connectivity index (χ4v) is 2.10. The predicted molar refractivity (Wildman–Crippen MR) is 66.9 cm³/mol. The minimum Gasteiger partial charge on any atom is -0.496 e. The Labute approximate surface area is 96.0 Å². The maximum absolute atomic E-state index is 5.38. The average Bonchev–Trinajstić information content (AvgIpc) is 2.66. The highest BCUT2D eigenvalue weighted by molar-refractivity contribution is 5.87. The van der Waals surface area contributed by atoms with Crippen LogP contribution in [0.4, 0.5) is 0 Å². The Balaban J connectivity index is 2.67. The molecule has 0 bridgehead atoms. The lowest BCUT2D eigenvalue weighted by molar-refractivity contribution is 0.420. The van der Waals surface area contributed by atoms with Crippen LogP contribution in [-0.2, 0) is 7.05 Å². The molecule has 1 heterocycles. The van der Waals surface area contributed by atoms with E-state index in [1.54, 1.807) is 7.11 Å². The molecule has 0 saturated carbocycles. The summed E-state index contributed by atoms with van der Waals surface area (Å²) in [5.74, 6) is 0.933. The van der Waals surface area contributed by atoms with E-state index in [1.165, 1.54) is 16.6 Å². The van der Waals surface area contributed by atoms with Crippen molar-refractivity contribution in [1.29, 1.82) is 0 Å². The first-order chi connectivity index (χ1) is 7.69. The highest BCUT2D eigenvalue weighted by Crippen LogP contribution is 2.30. The summed E-state index contributed by atoms with van der Waals surface area (Å²) < 4.78 is 7.58. The summed E-state index contributed by atoms with van der Waals surface area (Å²) in [4.78, 5) is 0. The van der Waals surface area contributed by atoms with E-state index in [-0.39, 0.29) is 0 Å². The number of aryl methyl sites for hydroxylation is 1. The average molecular weight is 218 g/mol. The van der Waals surface area contributed by atoms with E-state index in [0.717, 1.165) is 5.75 Å². The van der Waals surface area contributed by atoms with E-state index in [9.17, 15) is 0 Å². The van der Waals surface area contributed by atoms with Crippen LogP contribution in [0.25, 0.3) is 10.9 Å². The number of rotatable bonds is 3. The Hall–Kier alpha value is -1.48. The molecule has 0 aliphatic carbocycles. The second kappa shape index (κ2) is 4.18. The molecule has 0 amide bonds. The molecule has 1 atom stereocenters. The molecule has 0 spiro atoms. The van der Waals surface area contributed by atoms with Gasteiger partial charge in [-0.25, -0.2) is 0 Å². The molecule has 0 saturated heterocycles. The molecule has 16 heavy (non-hydrogen) atoms. The molecule has 1 aromatic carbocycles. The summed E-state index contributed by atoms with van der Waals surface area (Å²) in [5.41, 5.74) is 2.47. The molecule has 0 aliphatic rings. The Morgan fingerprint density at radius 2 is 2.12 bits per heavy atom. The first-order valence-electron chi connectivity index (χ1n) is 5.48. The lowest BCUT2D eigenvalue weighted by atomic mass is 10.2. The van der Waals surface area contributed by atoms with Gasteiger partial charge in [0.25, 0.3) is 0 Å². The maximum atomic E-state index is 5.38. The molecular formula is C13H18N2O. The normalized spacial score (nSPS) is 13.0. The van der Waals surface area contributed by atoms with Crippen LogP contribution in [0, 0.1) is 0 Å². The third-order valence-corrected chi connectivity index (χ3v) is 3.18. The van der Waals surface area contributed by atoms with Gasteiger partial charge in [0.2, 0.25) is 0 Å². The number of ether oxygens (including phenoxy) is 1. The minimum atomic E-state index is 0.335. The summed E-state index contributed by atoms with van der Waals surface area (Å²) in [6.45, 7) is 2.15. The van der Waals surface area contributed by atoms with Gasteiger partial charge >= 0.3 is 0 Å². The summed E-state index contributed by atoms with van der Waals surface area (Å²) in [5, 5.41) is 4.43. The maximum Gasteiger partial charge on any atom is 0.128 e. The van der Waals surface area contributed by atoms with E-state index < -0.39 is 0 Å². The van der Waals surface area contributed by atoms with Gasteiger partial charge in [0.05, 0.1) is 12.6 Å². The van der Waals surface area contributed by atoms with Crippen LogP contribution in [0.15, 0.2) is 24.3 Å². The van der Waals surface area contributed by atoms with Crippen LogP contribution >= 0.6 is 0 Å². The van der Waals surface area contributed by atoms with Gasteiger partial charge in [0.15, 0.2) is 0 Å². The van der Waals surface area contributed by atoms with Crippen LogP contribution < -0.4 is 10.1 Å². The van der Waals surface area contributed by atoms with Gasteiger partial charge in [0.1, 0.15) is 5.75 Å². The van der Waals surface area contributed by atoms with Gasteiger partial charge in [-0.15, -0.1) is 0 Å². The van der Waals surface area contributed by atoms with Crippen molar-refractivity contribution in [3.05, 3.63) is 30.0 Å². The molecule has 1 N–H and O–H groups in total. The molecule has 86 valence electrons. The summed E-state index contributed by atoms with van der Waals surface area (Å²) in [6, 6.07) is 8.66. The van der Waals surface area contributed by atoms with E-state index in [2.05, 4.69) is 36.0 Å². The lowest BCUT2D eigenvalue weighted by Gasteiger charge is -2.11. The summed E-state index contributed by atoms with van der Waals surface area (Å²) >= 11 is 0. The van der Waals surface area contributed by atoms with Crippen molar-refractivity contribution < 1.29 is 4.74 Å². The van der Waals surface area contributed by atoms with Crippen molar-refractivity contribution in [2.75, 3.05) is 14.2 Å². The van der Waals surface area contributed by atoms with Crippen molar-refractivity contribution in [3.8, 4) is 5.75 Å². The zero-order valence-corrected chi connectivity index (χ0v) is 10.2. The van der Waals surface area contributed by atoms with E-state index in [0.29, 0.717) is 6.04 Å². The van der Waals surface area contributed by atoms with Crippen LogP contribution in [0.1, 0.15) is 18.7 Å². The number of aromatic nitrogens is 1. The van der Waals surface area contributed by atoms with Crippen molar-refractivity contribution in [1.82, 2.24) is 9.88 Å². The van der Waals surface area contributed by atoms with Crippen molar-refractivity contribution in [2.24, 2.45) is 7.05 Å². The van der Waals surface area contributed by atoms with Gasteiger partial charge in [-0.3, -0.25) is 0 Å². The zero-order valence-electron chi connectivity index (χ0n) is 10.2. The van der Waals surface area contributed by atoms with E-state index in [1.807, 2.05) is 19.2 Å². The SMILES string of the molecule is CNC(C)c1cc2c(OC)cccc2n1C. The standard InChI is InChI=1S/C13H18N2O/c1-9(14-2)12-8-10-11(15(12)3)6-5-7-13(10)16-4/h5-9,14H,1-4H3. The highest BCUT2D eigenvalue weighted by Gasteiger charge is 2.12. The number of nitrogens with one attached hydrogen (secondary N) is 1. The monoisotopic (exact) mass is 218 g/mol. The van der Waals surface area contributed by atoms with Crippen LogP contribution in [0.3, 0.4) is 0 Å². The fraction of sp³-hybridized carbons (Fsp3) is 0.385. The topological polar surface area (TPSA) is 26.2 Å². The van der Waals surface area contributed by atoms with Crippen LogP contribution in [0.2, 0.25) is 0 Å². The minimum absolute atomic E-state index is 0.335. The summed E-state index contributed by atoms with van der Waals surface area (Å²) in [6.07, 6.45) is 0. The van der Waals surface area contributed by atoms with Gasteiger partial charge < -0.3 is 14.6 Å². The Morgan fingerprint density at radius 3 is 2.75 bits per heavy atom. The fourth-order valence-electron chi connectivity index (χ4n) is 2.10. The molecule has 2 aromatic rings. The van der Waals surface area contributed by atoms with Crippen molar-refractivity contribution in [3.63, 3.8) is 0 Å². The number of fused-ring (bicyclic) bond motifs is 1. The molecule has 2 rings (SSSR count). The van der Waals surface area contributed by atoms with E-state index in [4.69, 9.17) is 4.74 Å². The van der Waals surface area contributed by atoms with Crippen molar-refractivity contribution in [2.45, 2.75) is 13.0 Å². The van der Waals surface area contributed by atoms with Gasteiger partial charge in [0, 0.05) is 24.2 Å². The molecule has 0 fully saturated rings. The quantitative estimate of drug-likeness (QED) is 0.856. The Bertz CT molecular complexity index is 502. The summed E-state index contributed by atoms with van der Waals surface area (Å²) in [7, 11) is 5.77. The third-order valence-electron chi connectivity index (χ3n) is 3.18. The molecule has 1 aromatic heterocycles. The first-order valence-corrected chi connectivity index (χ1v) is 5.48. The predicted octanol–water partition coefficient (Wildman–Crippen LogP) is 2.47. The molecule has 1 unspecified atom stereocenters. The Kier molecular flexibility index (Phi) is 2.88. The van der Waals surface area contributed by atoms with Gasteiger partial charge in [-0.1, -0.05) is 6.07 Å². The Morgan fingerprint density at radius 1 is 1.38 bits per heavy atom. The van der Waals surface area contributed by atoms with Gasteiger partial charge in [-0.05, 0) is 32.2 Å². The molecule has 0 radical (unpaired) electrons. The molecule has 3 heteroatoms. The van der Waals surface area contributed by atoms with Gasteiger partial charge in [-0.2, -0.15) is 0 Å². The first kappa shape index (κ1) is 11.0. The zero-order chi connectivity index (χ0) is 11.7. The largest absolute Gasteiger partial charge is 0.496 e. The number of methoxy groups -OCH3 is 1. The number of nitrogens with zero attached hydrogens (tertiary/aromatic N) is 1. The van der Waals surface area contributed by atoms with E-state index >= 15 is 0 Å². The molecular weight excluding hydrogens is 200 g/mol. The number of benzene rings is 1. The number of hydrogen-bond donors (Lipinski definition) is 1. The highest BCUT2D eigenvalue weighted by atomic mass is 16.5. The third kappa shape index (κ3) is 1.57. The smallest absolute Gasteiger partial charge is 0.128 e. The van der Waals surface area contributed by atoms with Crippen molar-refractivity contribution >= 4 is 10.9 Å². The van der Waals surface area contributed by atoms with Crippen LogP contribution in [0.5, 0.6) is 5.75 Å². The molecule has 3 nitrogen and oxygen atoms in total. The van der Waals surface area contributed by atoms with Crippen LogP contribution in [-0.4, -0.2) is 18.7 Å². The molecule has 0 aliphatic heterocycles. The number of hydrogen-bond acceptors (Lipinski definition) is 2.